The minimum Gasteiger partial charge on any atom is -0.478 e. The second-order valence-electron chi connectivity index (χ2n) is 12.2. The van der Waals surface area contributed by atoms with Crippen LogP contribution in [0.1, 0.15) is 81.8 Å². The molecule has 2 aliphatic rings. The summed E-state index contributed by atoms with van der Waals surface area (Å²) < 4.78 is 1.95. The Bertz CT molecular complexity index is 1680. The number of carboxylic acid groups (broad SMARTS) is 1. The van der Waals surface area contributed by atoms with Crippen LogP contribution >= 0.6 is 0 Å². The summed E-state index contributed by atoms with van der Waals surface area (Å²) in [6, 6.07) is 11.0. The molecule has 1 aliphatic heterocycles. The van der Waals surface area contributed by atoms with Gasteiger partial charge in [-0.1, -0.05) is 43.4 Å². The van der Waals surface area contributed by atoms with Gasteiger partial charge >= 0.3 is 11.9 Å². The maximum absolute atomic E-state index is 13.0. The highest BCUT2D eigenvalue weighted by atomic mass is 16.7. The van der Waals surface area contributed by atoms with Gasteiger partial charge in [0.05, 0.1) is 5.56 Å². The van der Waals surface area contributed by atoms with Gasteiger partial charge in [-0.15, -0.1) is 5.06 Å². The predicted molar refractivity (Wildman–Crippen MR) is 183 cm³/mol. The van der Waals surface area contributed by atoms with Gasteiger partial charge in [-0.25, -0.2) is 14.2 Å². The molecule has 4 rings (SSSR count). The maximum atomic E-state index is 13.0. The number of amides is 3. The molecular weight excluding hydrogens is 612 g/mol. The summed E-state index contributed by atoms with van der Waals surface area (Å²) in [7, 11) is 7.80. The van der Waals surface area contributed by atoms with E-state index in [4.69, 9.17) is 4.84 Å². The molecule has 0 aromatic heterocycles. The molecule has 11 heteroatoms. The average molecular weight is 656 g/mol. The summed E-state index contributed by atoms with van der Waals surface area (Å²) >= 11 is 0. The molecule has 11 nitrogen and oxygen atoms in total. The SMILES string of the molecule is C=CC(/C=C\C1C=Cc2cc(N(C)C)ccc2C1c1ccc(C(=O)NCCCCCC(=O)ON2C(=O)CCC2=O)cc1C(=O)O)=[N+](C)C. The Labute approximate surface area is 280 Å². The number of allylic oxidation sites excluding steroid dienone is 4. The third-order valence-corrected chi connectivity index (χ3v) is 8.44. The molecule has 2 aromatic carbocycles. The molecule has 1 saturated heterocycles. The van der Waals surface area contributed by atoms with E-state index >= 15 is 0 Å². The smallest absolute Gasteiger partial charge is 0.336 e. The van der Waals surface area contributed by atoms with E-state index in [1.165, 1.54) is 6.07 Å². The Kier molecular flexibility index (Phi) is 11.8. The Hall–Kier alpha value is -5.32. The number of unbranched alkanes of at least 4 members (excludes halogenated alkanes) is 2. The molecule has 0 spiro atoms. The minimum absolute atomic E-state index is 0.0304. The van der Waals surface area contributed by atoms with E-state index in [0.29, 0.717) is 36.4 Å². The van der Waals surface area contributed by atoms with Crippen LogP contribution in [0.25, 0.3) is 6.08 Å². The number of fused-ring (bicyclic) bond motifs is 1. The van der Waals surface area contributed by atoms with Crippen molar-refractivity contribution in [2.24, 2.45) is 5.92 Å². The van der Waals surface area contributed by atoms with Crippen molar-refractivity contribution in [3.05, 3.63) is 95.1 Å². The number of carbonyl (C=O) groups excluding carboxylic acids is 4. The molecule has 1 aliphatic carbocycles. The number of carboxylic acids is 1. The number of imide groups is 1. The molecule has 2 atom stereocenters. The lowest BCUT2D eigenvalue weighted by atomic mass is 9.73. The molecule has 3 amide bonds. The highest BCUT2D eigenvalue weighted by molar-refractivity contribution is 6.02. The highest BCUT2D eigenvalue weighted by Gasteiger charge is 2.33. The lowest BCUT2D eigenvalue weighted by Crippen LogP contribution is -2.31. The molecule has 1 fully saturated rings. The van der Waals surface area contributed by atoms with Crippen molar-refractivity contribution in [1.82, 2.24) is 10.4 Å². The van der Waals surface area contributed by atoms with Crippen LogP contribution < -0.4 is 10.2 Å². The number of benzene rings is 2. The standard InChI is InChI=1S/C37H42N4O7/c1-6-27(39(2)3)15-13-24-11-12-25-22-28(40(4)5)16-18-29(25)35(24)30-17-14-26(23-31(30)37(46)47)36(45)38-21-9-7-8-10-34(44)48-41-32(42)19-20-33(41)43/h6,11-18,22-24,35H,1,7-10,19-21H2,2-5H3,(H-,38,45,46,47)/p+1/b15-13-. The van der Waals surface area contributed by atoms with Crippen molar-refractivity contribution >= 4 is 47.1 Å². The Morgan fingerprint density at radius 1 is 1.04 bits per heavy atom. The first-order chi connectivity index (χ1) is 22.9. The van der Waals surface area contributed by atoms with Crippen LogP contribution in [-0.2, 0) is 19.2 Å². The van der Waals surface area contributed by atoms with E-state index in [1.54, 1.807) is 18.2 Å². The van der Waals surface area contributed by atoms with Gasteiger partial charge in [-0.3, -0.25) is 14.4 Å². The summed E-state index contributed by atoms with van der Waals surface area (Å²) in [6.07, 6.45) is 11.7. The van der Waals surface area contributed by atoms with E-state index in [9.17, 15) is 29.1 Å². The number of nitrogens with zero attached hydrogens (tertiary/aromatic N) is 3. The van der Waals surface area contributed by atoms with Gasteiger partial charge in [0.25, 0.3) is 17.7 Å². The largest absolute Gasteiger partial charge is 0.478 e. The monoisotopic (exact) mass is 655 g/mol. The first-order valence-electron chi connectivity index (χ1n) is 16.0. The number of hydrogen-bond donors (Lipinski definition) is 2. The van der Waals surface area contributed by atoms with Crippen LogP contribution in [0.15, 0.2) is 67.3 Å². The van der Waals surface area contributed by atoms with E-state index in [-0.39, 0.29) is 42.2 Å². The molecule has 0 saturated carbocycles. The van der Waals surface area contributed by atoms with Crippen molar-refractivity contribution < 1.29 is 38.5 Å². The normalized spacial score (nSPS) is 16.9. The van der Waals surface area contributed by atoms with Crippen LogP contribution in [0.2, 0.25) is 0 Å². The quantitative estimate of drug-likeness (QED) is 0.131. The fourth-order valence-electron chi connectivity index (χ4n) is 5.79. The zero-order valence-electron chi connectivity index (χ0n) is 27.9. The zero-order chi connectivity index (χ0) is 35.0. The summed E-state index contributed by atoms with van der Waals surface area (Å²) in [5.74, 6) is -3.71. The summed E-state index contributed by atoms with van der Waals surface area (Å²) in [5.41, 5.74) is 4.82. The van der Waals surface area contributed by atoms with Gasteiger partial charge in [0.2, 0.25) is 0 Å². The Balaban J connectivity index is 1.47. The first kappa shape index (κ1) is 35.5. The van der Waals surface area contributed by atoms with Crippen molar-refractivity contribution in [1.29, 1.82) is 0 Å². The number of rotatable bonds is 14. The zero-order valence-corrected chi connectivity index (χ0v) is 27.9. The second-order valence-corrected chi connectivity index (χ2v) is 12.2. The molecule has 0 bridgehead atoms. The molecule has 48 heavy (non-hydrogen) atoms. The van der Waals surface area contributed by atoms with E-state index in [2.05, 4.69) is 36.2 Å². The van der Waals surface area contributed by atoms with Crippen molar-refractivity contribution in [3.63, 3.8) is 0 Å². The molecule has 2 unspecified atom stereocenters. The van der Waals surface area contributed by atoms with Crippen molar-refractivity contribution in [2.75, 3.05) is 39.6 Å². The average Bonchev–Trinajstić information content (AvgIpc) is 3.37. The maximum Gasteiger partial charge on any atom is 0.336 e. The first-order valence-corrected chi connectivity index (χ1v) is 16.0. The van der Waals surface area contributed by atoms with Gasteiger partial charge in [-0.05, 0) is 53.8 Å². The lowest BCUT2D eigenvalue weighted by molar-refractivity contribution is -0.462. The van der Waals surface area contributed by atoms with Crippen LogP contribution in [-0.4, -0.2) is 84.9 Å². The number of aromatic carboxylic acids is 1. The molecule has 252 valence electrons. The van der Waals surface area contributed by atoms with Crippen LogP contribution in [0.5, 0.6) is 0 Å². The summed E-state index contributed by atoms with van der Waals surface area (Å²) in [5, 5.41) is 13.7. The molecular formula is C37H43N4O7+. The van der Waals surface area contributed by atoms with E-state index in [1.807, 2.05) is 55.9 Å². The minimum atomic E-state index is -1.13. The van der Waals surface area contributed by atoms with Gasteiger partial charge in [-0.2, -0.15) is 0 Å². The third-order valence-electron chi connectivity index (χ3n) is 8.44. The van der Waals surface area contributed by atoms with Gasteiger partial charge in [0, 0.05) is 75.1 Å². The topological polar surface area (TPSA) is 136 Å². The van der Waals surface area contributed by atoms with Crippen molar-refractivity contribution in [2.45, 2.75) is 44.4 Å². The Morgan fingerprint density at radius 3 is 2.40 bits per heavy atom. The lowest BCUT2D eigenvalue weighted by Gasteiger charge is -2.30. The number of nitrogens with one attached hydrogen (secondary N) is 1. The van der Waals surface area contributed by atoms with Crippen LogP contribution in [0.4, 0.5) is 5.69 Å². The fraction of sp³-hybridized carbons (Fsp3) is 0.351. The number of carbonyl (C=O) groups is 5. The third kappa shape index (κ3) is 8.52. The van der Waals surface area contributed by atoms with Gasteiger partial charge in [0.15, 0.2) is 5.71 Å². The van der Waals surface area contributed by atoms with Gasteiger partial charge < -0.3 is 20.2 Å². The van der Waals surface area contributed by atoms with E-state index in [0.717, 1.165) is 22.5 Å². The summed E-state index contributed by atoms with van der Waals surface area (Å²) in [6.45, 7) is 4.22. The van der Waals surface area contributed by atoms with Crippen LogP contribution in [0.3, 0.4) is 0 Å². The molecule has 1 heterocycles. The highest BCUT2D eigenvalue weighted by Crippen LogP contribution is 2.42. The number of hydrogen-bond acceptors (Lipinski definition) is 7. The number of hydroxylamine groups is 2. The number of anilines is 1. The van der Waals surface area contributed by atoms with Crippen molar-refractivity contribution in [3.8, 4) is 0 Å². The molecule has 2 aromatic rings. The summed E-state index contributed by atoms with van der Waals surface area (Å²) in [4.78, 5) is 67.8. The van der Waals surface area contributed by atoms with Gasteiger partial charge in [0.1, 0.15) is 14.1 Å². The van der Waals surface area contributed by atoms with Crippen LogP contribution in [0, 0.1) is 5.92 Å². The van der Waals surface area contributed by atoms with E-state index < -0.39 is 29.7 Å². The second kappa shape index (κ2) is 16.0. The fourth-order valence-corrected chi connectivity index (χ4v) is 5.79. The predicted octanol–water partition coefficient (Wildman–Crippen LogP) is 4.58. The Morgan fingerprint density at radius 2 is 1.75 bits per heavy atom. The molecule has 0 radical (unpaired) electrons. The molecule has 2 N–H and O–H groups in total.